The van der Waals surface area contributed by atoms with Crippen molar-refractivity contribution >= 4 is 11.9 Å². The lowest BCUT2D eigenvalue weighted by atomic mass is 10.2. The minimum atomic E-state index is -0.956. The van der Waals surface area contributed by atoms with Gasteiger partial charge in [0.25, 0.3) is 0 Å². The molecule has 0 heterocycles. The zero-order chi connectivity index (χ0) is 10.4. The Bertz CT molecular complexity index is 189. The molecule has 4 nitrogen and oxygen atoms in total. The smallest absolute Gasteiger partial charge is 0.323 e. The van der Waals surface area contributed by atoms with Crippen molar-refractivity contribution in [2.24, 2.45) is 5.92 Å². The molecule has 0 aromatic heterocycles. The number of nitrogens with zero attached hydrogens (tertiary/aromatic N) is 1. The molecule has 0 spiro atoms. The van der Waals surface area contributed by atoms with E-state index in [-0.39, 0.29) is 18.4 Å². The number of hydrogen-bond acceptors (Lipinski definition) is 2. The van der Waals surface area contributed by atoms with E-state index in [0.29, 0.717) is 6.54 Å². The van der Waals surface area contributed by atoms with Crippen molar-refractivity contribution in [3.05, 3.63) is 0 Å². The minimum Gasteiger partial charge on any atom is -0.480 e. The molecule has 0 aliphatic rings. The number of hydrogen-bond donors (Lipinski definition) is 1. The molecule has 0 fully saturated rings. The van der Waals surface area contributed by atoms with Crippen molar-refractivity contribution in [1.82, 2.24) is 4.90 Å². The lowest BCUT2D eigenvalue weighted by Gasteiger charge is -2.21. The molecule has 1 amide bonds. The van der Waals surface area contributed by atoms with Crippen LogP contribution in [0.25, 0.3) is 0 Å². The number of carboxylic acid groups (broad SMARTS) is 1. The van der Waals surface area contributed by atoms with Crippen LogP contribution in [0.4, 0.5) is 0 Å². The van der Waals surface area contributed by atoms with Gasteiger partial charge in [0, 0.05) is 12.5 Å². The molecule has 0 saturated heterocycles. The van der Waals surface area contributed by atoms with Crippen LogP contribution in [0.2, 0.25) is 0 Å². The fourth-order valence-corrected chi connectivity index (χ4v) is 1.07. The molecule has 0 aromatic rings. The largest absolute Gasteiger partial charge is 0.480 e. The third kappa shape index (κ3) is 4.50. The van der Waals surface area contributed by atoms with Crippen molar-refractivity contribution in [3.8, 4) is 0 Å². The number of carbonyl (C=O) groups is 2. The van der Waals surface area contributed by atoms with Gasteiger partial charge in [0.1, 0.15) is 6.54 Å². The molecular weight excluding hydrogens is 170 g/mol. The van der Waals surface area contributed by atoms with Gasteiger partial charge in [-0.25, -0.2) is 0 Å². The summed E-state index contributed by atoms with van der Waals surface area (Å²) in [5.41, 5.74) is 0. The van der Waals surface area contributed by atoms with Gasteiger partial charge in [-0.1, -0.05) is 20.8 Å². The van der Waals surface area contributed by atoms with Crippen molar-refractivity contribution in [1.29, 1.82) is 0 Å². The predicted octanol–water partition coefficient (Wildman–Crippen LogP) is 0.966. The highest BCUT2D eigenvalue weighted by Gasteiger charge is 2.18. The summed E-state index contributed by atoms with van der Waals surface area (Å²) in [5.74, 6) is -1.18. The molecule has 0 aromatic carbocycles. The molecule has 0 unspecified atom stereocenters. The summed E-state index contributed by atoms with van der Waals surface area (Å²) in [5, 5.41) is 8.55. The first-order chi connectivity index (χ1) is 5.99. The zero-order valence-corrected chi connectivity index (χ0v) is 8.41. The van der Waals surface area contributed by atoms with Gasteiger partial charge in [-0.15, -0.1) is 0 Å². The van der Waals surface area contributed by atoms with Crippen LogP contribution in [-0.4, -0.2) is 35.0 Å². The number of carbonyl (C=O) groups excluding carboxylic acids is 1. The number of amides is 1. The molecule has 0 radical (unpaired) electrons. The molecule has 0 aliphatic carbocycles. The summed E-state index contributed by atoms with van der Waals surface area (Å²) >= 11 is 0. The average Bonchev–Trinajstić information content (AvgIpc) is 2.01. The SMILES string of the molecule is CCCN(CC(=O)O)C(=O)C(C)C. The average molecular weight is 187 g/mol. The second-order valence-corrected chi connectivity index (χ2v) is 3.31. The summed E-state index contributed by atoms with van der Waals surface area (Å²) in [6, 6.07) is 0. The normalized spacial score (nSPS) is 10.2. The van der Waals surface area contributed by atoms with Crippen LogP contribution in [0.5, 0.6) is 0 Å². The molecule has 0 saturated carbocycles. The standard InChI is InChI=1S/C9H17NO3/c1-4-5-10(6-8(11)12)9(13)7(2)3/h7H,4-6H2,1-3H3,(H,11,12). The molecule has 1 N–H and O–H groups in total. The van der Waals surface area contributed by atoms with Gasteiger partial charge < -0.3 is 10.0 Å². The van der Waals surface area contributed by atoms with Gasteiger partial charge in [-0.05, 0) is 6.42 Å². The maximum Gasteiger partial charge on any atom is 0.323 e. The van der Waals surface area contributed by atoms with Crippen LogP contribution < -0.4 is 0 Å². The van der Waals surface area contributed by atoms with E-state index < -0.39 is 5.97 Å². The third-order valence-corrected chi connectivity index (χ3v) is 1.63. The Labute approximate surface area is 78.5 Å². The Balaban J connectivity index is 4.23. The lowest BCUT2D eigenvalue weighted by Crippen LogP contribution is -2.38. The van der Waals surface area contributed by atoms with Gasteiger partial charge in [0.2, 0.25) is 5.91 Å². The molecular formula is C9H17NO3. The van der Waals surface area contributed by atoms with Crippen molar-refractivity contribution in [3.63, 3.8) is 0 Å². The van der Waals surface area contributed by atoms with Crippen LogP contribution >= 0.6 is 0 Å². The van der Waals surface area contributed by atoms with E-state index in [9.17, 15) is 9.59 Å². The fraction of sp³-hybridized carbons (Fsp3) is 0.778. The van der Waals surface area contributed by atoms with E-state index in [1.807, 2.05) is 6.92 Å². The highest BCUT2D eigenvalue weighted by molar-refractivity contribution is 5.82. The van der Waals surface area contributed by atoms with E-state index in [2.05, 4.69) is 0 Å². The Morgan fingerprint density at radius 3 is 2.23 bits per heavy atom. The van der Waals surface area contributed by atoms with Crippen LogP contribution in [0.3, 0.4) is 0 Å². The quantitative estimate of drug-likeness (QED) is 0.697. The van der Waals surface area contributed by atoms with Gasteiger partial charge >= 0.3 is 5.97 Å². The van der Waals surface area contributed by atoms with Crippen molar-refractivity contribution in [2.45, 2.75) is 27.2 Å². The van der Waals surface area contributed by atoms with Gasteiger partial charge in [0.15, 0.2) is 0 Å². The van der Waals surface area contributed by atoms with E-state index in [4.69, 9.17) is 5.11 Å². The van der Waals surface area contributed by atoms with Crippen molar-refractivity contribution < 1.29 is 14.7 Å². The first-order valence-corrected chi connectivity index (χ1v) is 4.49. The first kappa shape index (κ1) is 11.9. The van der Waals surface area contributed by atoms with Crippen LogP contribution in [-0.2, 0) is 9.59 Å². The summed E-state index contributed by atoms with van der Waals surface area (Å²) in [6.07, 6.45) is 0.783. The van der Waals surface area contributed by atoms with E-state index >= 15 is 0 Å². The van der Waals surface area contributed by atoms with Crippen LogP contribution in [0.15, 0.2) is 0 Å². The number of rotatable bonds is 5. The Morgan fingerprint density at radius 2 is 1.92 bits per heavy atom. The summed E-state index contributed by atoms with van der Waals surface area (Å²) < 4.78 is 0. The molecule has 4 heteroatoms. The van der Waals surface area contributed by atoms with E-state index in [1.54, 1.807) is 13.8 Å². The molecule has 13 heavy (non-hydrogen) atoms. The summed E-state index contributed by atoms with van der Waals surface area (Å²) in [4.78, 5) is 23.2. The number of carboxylic acids is 1. The molecule has 0 rings (SSSR count). The topological polar surface area (TPSA) is 57.6 Å². The number of aliphatic carboxylic acids is 1. The molecule has 0 aliphatic heterocycles. The predicted molar refractivity (Wildman–Crippen MR) is 49.3 cm³/mol. The first-order valence-electron chi connectivity index (χ1n) is 4.49. The Kier molecular flexibility index (Phi) is 5.11. The Hall–Kier alpha value is -1.06. The summed E-state index contributed by atoms with van der Waals surface area (Å²) in [6.45, 7) is 5.79. The van der Waals surface area contributed by atoms with Crippen LogP contribution in [0.1, 0.15) is 27.2 Å². The summed E-state index contributed by atoms with van der Waals surface area (Å²) in [7, 11) is 0. The maximum absolute atomic E-state index is 11.4. The van der Waals surface area contributed by atoms with Gasteiger partial charge in [0.05, 0.1) is 0 Å². The van der Waals surface area contributed by atoms with Crippen molar-refractivity contribution in [2.75, 3.05) is 13.1 Å². The monoisotopic (exact) mass is 187 g/mol. The molecule has 76 valence electrons. The second-order valence-electron chi connectivity index (χ2n) is 3.31. The maximum atomic E-state index is 11.4. The van der Waals surface area contributed by atoms with Gasteiger partial charge in [-0.3, -0.25) is 9.59 Å². The third-order valence-electron chi connectivity index (χ3n) is 1.63. The highest BCUT2D eigenvalue weighted by Crippen LogP contribution is 2.02. The van der Waals surface area contributed by atoms with Crippen LogP contribution in [0, 0.1) is 5.92 Å². The second kappa shape index (κ2) is 5.56. The minimum absolute atomic E-state index is 0.0933. The fourth-order valence-electron chi connectivity index (χ4n) is 1.07. The van der Waals surface area contributed by atoms with Gasteiger partial charge in [-0.2, -0.15) is 0 Å². The Morgan fingerprint density at radius 1 is 1.38 bits per heavy atom. The highest BCUT2D eigenvalue weighted by atomic mass is 16.4. The molecule has 0 atom stereocenters. The zero-order valence-electron chi connectivity index (χ0n) is 8.41. The lowest BCUT2D eigenvalue weighted by molar-refractivity contribution is -0.145. The molecule has 0 bridgehead atoms. The van der Waals surface area contributed by atoms with E-state index in [0.717, 1.165) is 6.42 Å². The van der Waals surface area contributed by atoms with E-state index in [1.165, 1.54) is 4.90 Å².